The topological polar surface area (TPSA) is 192 Å². The Kier molecular flexibility index (Phi) is 12.0. The van der Waals surface area contributed by atoms with Gasteiger partial charge in [-0.15, -0.1) is 0 Å². The van der Waals surface area contributed by atoms with Crippen LogP contribution < -0.4 is 10.6 Å². The molecule has 2 aliphatic heterocycles. The number of rotatable bonds is 10. The minimum absolute atomic E-state index is 0.150. The first-order valence-corrected chi connectivity index (χ1v) is 16.1. The van der Waals surface area contributed by atoms with Crippen LogP contribution in [0.15, 0.2) is 37.2 Å². The van der Waals surface area contributed by atoms with E-state index in [1.807, 2.05) is 35.9 Å². The second-order valence-electron chi connectivity index (χ2n) is 11.7. The normalized spacial score (nSPS) is 15.8. The Hall–Kier alpha value is -4.06. The molecule has 2 amide bonds. The zero-order valence-corrected chi connectivity index (χ0v) is 28.1. The summed E-state index contributed by atoms with van der Waals surface area (Å²) in [5, 5.41) is 34.7. The number of hydrogen-bond donors (Lipinski definition) is 4. The zero-order chi connectivity index (χ0) is 34.2. The molecule has 4 N–H and O–H groups in total. The van der Waals surface area contributed by atoms with Crippen LogP contribution in [0.3, 0.4) is 0 Å². The van der Waals surface area contributed by atoms with Gasteiger partial charge in [-0.05, 0) is 0 Å². The summed E-state index contributed by atoms with van der Waals surface area (Å²) in [5.41, 5.74) is 5.11. The molecular weight excluding hydrogens is 663 g/mol. The summed E-state index contributed by atoms with van der Waals surface area (Å²) in [5.74, 6) is -0.766. The summed E-state index contributed by atoms with van der Waals surface area (Å²) < 4.78 is 3.72. The number of nitrogens with zero attached hydrogens (tertiary/aromatic N) is 10. The van der Waals surface area contributed by atoms with Crippen LogP contribution in [-0.4, -0.2) is 123 Å². The van der Waals surface area contributed by atoms with Gasteiger partial charge in [0.1, 0.15) is 34.3 Å². The lowest BCUT2D eigenvalue weighted by molar-refractivity contribution is 0.0835. The van der Waals surface area contributed by atoms with E-state index in [2.05, 4.69) is 50.6 Å². The predicted molar refractivity (Wildman–Crippen MR) is 175 cm³/mol. The smallest absolute Gasteiger partial charge is 0.270 e. The van der Waals surface area contributed by atoms with E-state index in [4.69, 9.17) is 23.2 Å². The van der Waals surface area contributed by atoms with Gasteiger partial charge < -0.3 is 20.8 Å². The number of aromatic nitrogens is 8. The van der Waals surface area contributed by atoms with Crippen molar-refractivity contribution in [2.24, 2.45) is 14.1 Å². The predicted octanol–water partition coefficient (Wildman–Crippen LogP) is 0.0250. The van der Waals surface area contributed by atoms with E-state index in [-0.39, 0.29) is 46.6 Å². The van der Waals surface area contributed by atoms with Gasteiger partial charge in [-0.2, -0.15) is 10.2 Å². The molecule has 4 aromatic rings. The van der Waals surface area contributed by atoms with Gasteiger partial charge in [0.05, 0.1) is 24.1 Å². The number of fused-ring (bicyclic) bond motifs is 2. The van der Waals surface area contributed by atoms with Gasteiger partial charge in [0, 0.05) is 114 Å². The van der Waals surface area contributed by atoms with Crippen molar-refractivity contribution in [2.45, 2.75) is 38.1 Å². The van der Waals surface area contributed by atoms with Gasteiger partial charge in [0.2, 0.25) is 0 Å². The molecular formula is C30H38Cl2N12O4. The molecule has 0 saturated carbocycles. The van der Waals surface area contributed by atoms with Crippen molar-refractivity contribution in [3.63, 3.8) is 0 Å². The number of aryl methyl sites for hydroxylation is 2. The van der Waals surface area contributed by atoms with Gasteiger partial charge in [0.15, 0.2) is 0 Å². The van der Waals surface area contributed by atoms with Crippen molar-refractivity contribution in [2.75, 3.05) is 39.3 Å². The first-order valence-electron chi connectivity index (χ1n) is 15.4. The monoisotopic (exact) mass is 700 g/mol. The molecule has 0 unspecified atom stereocenters. The van der Waals surface area contributed by atoms with Gasteiger partial charge in [0.25, 0.3) is 11.8 Å². The van der Waals surface area contributed by atoms with E-state index < -0.39 is 12.2 Å². The lowest BCUT2D eigenvalue weighted by Crippen LogP contribution is -2.42. The highest BCUT2D eigenvalue weighted by Gasteiger charge is 2.23. The molecule has 0 radical (unpaired) electrons. The van der Waals surface area contributed by atoms with E-state index >= 15 is 0 Å². The third-order valence-electron chi connectivity index (χ3n) is 7.92. The number of β-amino-alcohol motifs (C(OH)–C–C–N with tert-alkyl or cyclic N) is 2. The molecule has 18 heteroatoms. The number of nitrogens with one attached hydrogen (secondary N) is 2. The third-order valence-corrected chi connectivity index (χ3v) is 8.34. The third kappa shape index (κ3) is 9.74. The van der Waals surface area contributed by atoms with Gasteiger partial charge in [-0.3, -0.25) is 28.8 Å². The number of amides is 2. The highest BCUT2D eigenvalue weighted by molar-refractivity contribution is 6.30. The zero-order valence-electron chi connectivity index (χ0n) is 26.6. The van der Waals surface area contributed by atoms with E-state index in [1.54, 1.807) is 0 Å². The summed E-state index contributed by atoms with van der Waals surface area (Å²) in [6.45, 7) is 4.49. The molecule has 2 atom stereocenters. The average Bonchev–Trinajstić information content (AvgIpc) is 3.63. The molecule has 48 heavy (non-hydrogen) atoms. The summed E-state index contributed by atoms with van der Waals surface area (Å²) >= 11 is 11.5. The van der Waals surface area contributed by atoms with Gasteiger partial charge in [-0.1, -0.05) is 23.2 Å². The summed E-state index contributed by atoms with van der Waals surface area (Å²) in [4.78, 5) is 43.4. The van der Waals surface area contributed by atoms with Crippen LogP contribution in [0, 0.1) is 0 Å². The first-order chi connectivity index (χ1) is 23.0. The van der Waals surface area contributed by atoms with E-state index in [9.17, 15) is 19.8 Å². The molecule has 6 heterocycles. The maximum absolute atomic E-state index is 12.0. The molecule has 0 aliphatic carbocycles. The SMILES string of the molecule is Cn1cc2c(n1)CCN(C[C@@H](O)CNC(=O)c1cc(Cl)ncn1)C2.Cn1ncc2c1CCN(C[C@@H](O)CNC(=O)c1cc(Cl)ncn1)C2. The van der Waals surface area contributed by atoms with Gasteiger partial charge in [-0.25, -0.2) is 19.9 Å². The van der Waals surface area contributed by atoms with Crippen LogP contribution in [0.4, 0.5) is 0 Å². The summed E-state index contributed by atoms with van der Waals surface area (Å²) in [6.07, 6.45) is 6.79. The Morgan fingerprint density at radius 1 is 0.833 bits per heavy atom. The minimum atomic E-state index is -0.663. The molecule has 4 aromatic heterocycles. The van der Waals surface area contributed by atoms with Crippen LogP contribution in [0.25, 0.3) is 0 Å². The molecule has 2 aliphatic rings. The Bertz CT molecular complexity index is 1650. The van der Waals surface area contributed by atoms with Crippen molar-refractivity contribution < 1.29 is 19.8 Å². The lowest BCUT2D eigenvalue weighted by atomic mass is 10.1. The van der Waals surface area contributed by atoms with Gasteiger partial charge >= 0.3 is 0 Å². The van der Waals surface area contributed by atoms with Crippen LogP contribution in [-0.2, 0) is 40.0 Å². The number of halogens is 2. The van der Waals surface area contributed by atoms with Crippen LogP contribution in [0.2, 0.25) is 10.3 Å². The van der Waals surface area contributed by atoms with E-state index in [0.29, 0.717) is 13.1 Å². The largest absolute Gasteiger partial charge is 0.390 e. The molecule has 0 fully saturated rings. The van der Waals surface area contributed by atoms with Crippen LogP contribution in [0.5, 0.6) is 0 Å². The van der Waals surface area contributed by atoms with Crippen molar-refractivity contribution >= 4 is 35.0 Å². The number of aliphatic hydroxyl groups is 2. The average molecular weight is 702 g/mol. The molecule has 0 bridgehead atoms. The number of aliphatic hydroxyl groups excluding tert-OH is 2. The molecule has 16 nitrogen and oxygen atoms in total. The number of carbonyl (C=O) groups is 2. The fraction of sp³-hybridized carbons (Fsp3) is 0.467. The number of hydrogen-bond acceptors (Lipinski definition) is 12. The standard InChI is InChI=1S/2C15H19ClN6O2/c1-21-6-10-7-22(3-2-12(10)20-21)8-11(23)5-17-15(24)13-4-14(16)19-9-18-13;1-21-13-2-3-22(7-10(13)5-20-21)8-11(23)6-17-15(24)12-4-14(16)19-9-18-12/h4,6,9,11,23H,2-3,5,7-8H2,1H3,(H,17,24);4-5,9,11,23H,2-3,6-8H2,1H3,(H,17,24)/t2*11-/m00/s1. The highest BCUT2D eigenvalue weighted by atomic mass is 35.5. The minimum Gasteiger partial charge on any atom is -0.390 e. The Morgan fingerprint density at radius 2 is 1.38 bits per heavy atom. The first kappa shape index (κ1) is 35.3. The molecule has 0 saturated heterocycles. The Balaban J connectivity index is 0.000000188. The highest BCUT2D eigenvalue weighted by Crippen LogP contribution is 2.18. The Morgan fingerprint density at radius 3 is 1.94 bits per heavy atom. The second kappa shape index (κ2) is 16.4. The molecule has 6 rings (SSSR count). The van der Waals surface area contributed by atoms with Crippen molar-refractivity contribution in [1.82, 2.24) is 59.9 Å². The fourth-order valence-corrected chi connectivity index (χ4v) is 5.91. The second-order valence-corrected chi connectivity index (χ2v) is 12.4. The fourth-order valence-electron chi connectivity index (χ4n) is 5.61. The lowest BCUT2D eigenvalue weighted by Gasteiger charge is -2.28. The molecule has 0 aromatic carbocycles. The summed E-state index contributed by atoms with van der Waals surface area (Å²) in [7, 11) is 3.85. The van der Waals surface area contributed by atoms with Crippen molar-refractivity contribution in [3.05, 3.63) is 81.4 Å². The maximum Gasteiger partial charge on any atom is 0.270 e. The van der Waals surface area contributed by atoms with Crippen LogP contribution >= 0.6 is 23.2 Å². The molecule has 0 spiro atoms. The summed E-state index contributed by atoms with van der Waals surface area (Å²) in [6, 6.07) is 2.77. The Labute approximate surface area is 287 Å². The van der Waals surface area contributed by atoms with Crippen molar-refractivity contribution in [3.8, 4) is 0 Å². The van der Waals surface area contributed by atoms with Crippen LogP contribution in [0.1, 0.15) is 43.5 Å². The van der Waals surface area contributed by atoms with E-state index in [0.717, 1.165) is 44.7 Å². The maximum atomic E-state index is 12.0. The quantitative estimate of drug-likeness (QED) is 0.163. The molecule has 256 valence electrons. The van der Waals surface area contributed by atoms with E-state index in [1.165, 1.54) is 41.6 Å². The van der Waals surface area contributed by atoms with Crippen molar-refractivity contribution in [1.29, 1.82) is 0 Å². The number of carbonyl (C=O) groups excluding carboxylic acids is 2.